The third kappa shape index (κ3) is 4.40. The maximum atomic E-state index is 11.7. The second kappa shape index (κ2) is 7.35. The average Bonchev–Trinajstić information content (AvgIpc) is 2.83. The summed E-state index contributed by atoms with van der Waals surface area (Å²) in [6.07, 6.45) is 0. The lowest BCUT2D eigenvalue weighted by Gasteiger charge is -2.17. The summed E-state index contributed by atoms with van der Waals surface area (Å²) >= 11 is 5.60. The van der Waals surface area contributed by atoms with Crippen molar-refractivity contribution in [3.8, 4) is 0 Å². The minimum Gasteiger partial charge on any atom is -0.455 e. The van der Waals surface area contributed by atoms with Crippen molar-refractivity contribution in [2.45, 2.75) is 19.7 Å². The minimum absolute atomic E-state index is 0.187. The van der Waals surface area contributed by atoms with E-state index in [9.17, 15) is 4.79 Å². The van der Waals surface area contributed by atoms with Crippen molar-refractivity contribution in [3.63, 3.8) is 0 Å². The summed E-state index contributed by atoms with van der Waals surface area (Å²) in [5.74, 6) is 1.03. The highest BCUT2D eigenvalue weighted by Crippen LogP contribution is 2.09. The Balaban J connectivity index is 2.34. The minimum atomic E-state index is -0.187. The molecule has 0 aliphatic carbocycles. The molecule has 0 aliphatic rings. The highest BCUT2D eigenvalue weighted by Gasteiger charge is 2.10. The number of hydrogen-bond acceptors (Lipinski definition) is 3. The number of nitrogens with zero attached hydrogens (tertiary/aromatic N) is 1. The first-order chi connectivity index (χ1) is 8.21. The van der Waals surface area contributed by atoms with Crippen LogP contribution in [-0.4, -0.2) is 37.0 Å². The average molecular weight is 259 g/mol. The molecule has 96 valence electrons. The van der Waals surface area contributed by atoms with Gasteiger partial charge in [0, 0.05) is 13.1 Å². The molecule has 1 aromatic heterocycles. The van der Waals surface area contributed by atoms with Crippen LogP contribution >= 0.6 is 11.6 Å². The van der Waals surface area contributed by atoms with E-state index in [0.717, 1.165) is 19.6 Å². The molecule has 0 saturated carbocycles. The Morgan fingerprint density at radius 1 is 1.41 bits per heavy atom. The number of amides is 1. The van der Waals surface area contributed by atoms with Crippen molar-refractivity contribution in [2.24, 2.45) is 0 Å². The van der Waals surface area contributed by atoms with E-state index in [1.165, 1.54) is 0 Å². The van der Waals surface area contributed by atoms with E-state index in [4.69, 9.17) is 16.0 Å². The molecule has 0 saturated heterocycles. The van der Waals surface area contributed by atoms with Crippen LogP contribution in [0.25, 0.3) is 0 Å². The highest BCUT2D eigenvalue weighted by molar-refractivity contribution is 6.16. The molecule has 1 heterocycles. The molecule has 1 amide bonds. The van der Waals surface area contributed by atoms with Gasteiger partial charge in [-0.25, -0.2) is 0 Å². The summed E-state index contributed by atoms with van der Waals surface area (Å²) in [7, 11) is 0. The van der Waals surface area contributed by atoms with Crippen LogP contribution in [0.2, 0.25) is 0 Å². The molecule has 0 spiro atoms. The Kier molecular flexibility index (Phi) is 6.08. The quantitative estimate of drug-likeness (QED) is 0.762. The lowest BCUT2D eigenvalue weighted by atomic mass is 10.4. The third-order valence-corrected chi connectivity index (χ3v) is 2.89. The summed E-state index contributed by atoms with van der Waals surface area (Å²) in [5.41, 5.74) is 0. The lowest BCUT2D eigenvalue weighted by Crippen LogP contribution is -2.34. The van der Waals surface area contributed by atoms with Crippen LogP contribution in [0.15, 0.2) is 16.5 Å². The first kappa shape index (κ1) is 14.1. The lowest BCUT2D eigenvalue weighted by molar-refractivity contribution is 0.0920. The van der Waals surface area contributed by atoms with E-state index in [1.807, 2.05) is 0 Å². The van der Waals surface area contributed by atoms with Crippen LogP contribution in [0, 0.1) is 0 Å². The van der Waals surface area contributed by atoms with Crippen molar-refractivity contribution in [1.82, 2.24) is 10.2 Å². The largest absolute Gasteiger partial charge is 0.455 e. The Bertz CT molecular complexity index is 348. The van der Waals surface area contributed by atoms with Gasteiger partial charge in [0.1, 0.15) is 5.76 Å². The molecule has 1 N–H and O–H groups in total. The van der Waals surface area contributed by atoms with Crippen LogP contribution in [0.4, 0.5) is 0 Å². The van der Waals surface area contributed by atoms with Gasteiger partial charge < -0.3 is 14.6 Å². The van der Waals surface area contributed by atoms with E-state index in [2.05, 4.69) is 24.1 Å². The molecule has 5 heteroatoms. The normalized spacial score (nSPS) is 10.8. The number of furan rings is 1. The zero-order valence-corrected chi connectivity index (χ0v) is 11.1. The zero-order chi connectivity index (χ0) is 12.7. The van der Waals surface area contributed by atoms with E-state index >= 15 is 0 Å². The van der Waals surface area contributed by atoms with Gasteiger partial charge in [-0.2, -0.15) is 0 Å². The number of likely N-dealkylation sites (N-methyl/N-ethyl adjacent to an activating group) is 1. The van der Waals surface area contributed by atoms with Crippen molar-refractivity contribution in [3.05, 3.63) is 23.7 Å². The molecular weight excluding hydrogens is 240 g/mol. The fraction of sp³-hybridized carbons (Fsp3) is 0.583. The Labute approximate surface area is 107 Å². The monoisotopic (exact) mass is 258 g/mol. The van der Waals surface area contributed by atoms with Gasteiger partial charge >= 0.3 is 0 Å². The van der Waals surface area contributed by atoms with Crippen LogP contribution in [0.5, 0.6) is 0 Å². The summed E-state index contributed by atoms with van der Waals surface area (Å²) in [4.78, 5) is 13.9. The number of carbonyl (C=O) groups is 1. The smallest absolute Gasteiger partial charge is 0.287 e. The van der Waals surface area contributed by atoms with Gasteiger partial charge in [-0.1, -0.05) is 13.8 Å². The highest BCUT2D eigenvalue weighted by atomic mass is 35.5. The van der Waals surface area contributed by atoms with Gasteiger partial charge in [-0.05, 0) is 25.2 Å². The molecule has 0 aliphatic heterocycles. The maximum Gasteiger partial charge on any atom is 0.287 e. The van der Waals surface area contributed by atoms with Crippen molar-refractivity contribution >= 4 is 17.5 Å². The van der Waals surface area contributed by atoms with Crippen LogP contribution < -0.4 is 5.32 Å². The molecule has 4 nitrogen and oxygen atoms in total. The Morgan fingerprint density at radius 2 is 2.12 bits per heavy atom. The molecule has 0 radical (unpaired) electrons. The van der Waals surface area contributed by atoms with Gasteiger partial charge in [0.2, 0.25) is 0 Å². The Morgan fingerprint density at radius 3 is 2.65 bits per heavy atom. The number of hydrogen-bond donors (Lipinski definition) is 1. The van der Waals surface area contributed by atoms with E-state index < -0.39 is 0 Å². The predicted molar refractivity (Wildman–Crippen MR) is 68.4 cm³/mol. The number of nitrogens with one attached hydrogen (secondary N) is 1. The van der Waals surface area contributed by atoms with Crippen molar-refractivity contribution < 1.29 is 9.21 Å². The summed E-state index contributed by atoms with van der Waals surface area (Å²) < 4.78 is 5.25. The topological polar surface area (TPSA) is 45.5 Å². The van der Waals surface area contributed by atoms with Gasteiger partial charge in [-0.3, -0.25) is 4.79 Å². The molecule has 0 fully saturated rings. The maximum absolute atomic E-state index is 11.7. The van der Waals surface area contributed by atoms with Gasteiger partial charge in [0.05, 0.1) is 5.88 Å². The summed E-state index contributed by atoms with van der Waals surface area (Å²) in [5, 5.41) is 2.82. The Hall–Kier alpha value is -1.00. The number of halogens is 1. The van der Waals surface area contributed by atoms with E-state index in [0.29, 0.717) is 18.1 Å². The number of alkyl halides is 1. The van der Waals surface area contributed by atoms with Crippen LogP contribution in [0.3, 0.4) is 0 Å². The van der Waals surface area contributed by atoms with Crippen LogP contribution in [-0.2, 0) is 5.88 Å². The molecule has 1 aromatic rings. The van der Waals surface area contributed by atoms with Crippen LogP contribution in [0.1, 0.15) is 30.2 Å². The molecule has 0 unspecified atom stereocenters. The summed E-state index contributed by atoms with van der Waals surface area (Å²) in [6, 6.07) is 3.36. The molecule has 0 aromatic carbocycles. The van der Waals surface area contributed by atoms with Crippen molar-refractivity contribution in [1.29, 1.82) is 0 Å². The first-order valence-electron chi connectivity index (χ1n) is 5.86. The second-order valence-corrected chi connectivity index (χ2v) is 3.95. The van der Waals surface area contributed by atoms with E-state index in [-0.39, 0.29) is 11.8 Å². The molecule has 17 heavy (non-hydrogen) atoms. The van der Waals surface area contributed by atoms with Crippen molar-refractivity contribution in [2.75, 3.05) is 26.2 Å². The molecule has 0 atom stereocenters. The first-order valence-corrected chi connectivity index (χ1v) is 6.39. The fourth-order valence-corrected chi connectivity index (χ4v) is 1.67. The van der Waals surface area contributed by atoms with E-state index in [1.54, 1.807) is 12.1 Å². The second-order valence-electron chi connectivity index (χ2n) is 3.68. The number of rotatable bonds is 7. The summed E-state index contributed by atoms with van der Waals surface area (Å²) in [6.45, 7) is 7.65. The zero-order valence-electron chi connectivity index (χ0n) is 10.3. The van der Waals surface area contributed by atoms with Gasteiger partial charge in [0.15, 0.2) is 5.76 Å². The molecular formula is C12H19ClN2O2. The van der Waals surface area contributed by atoms with Gasteiger partial charge in [0.25, 0.3) is 5.91 Å². The fourth-order valence-electron chi connectivity index (χ4n) is 1.53. The molecule has 0 bridgehead atoms. The third-order valence-electron chi connectivity index (χ3n) is 2.63. The molecule has 1 rings (SSSR count). The van der Waals surface area contributed by atoms with Gasteiger partial charge in [-0.15, -0.1) is 11.6 Å². The predicted octanol–water partition coefficient (Wildman–Crippen LogP) is 2.09. The standard InChI is InChI=1S/C12H19ClN2O2/c1-3-15(4-2)8-7-14-12(16)11-6-5-10(9-13)17-11/h5-6H,3-4,7-9H2,1-2H3,(H,14,16). The SMILES string of the molecule is CCN(CC)CCNC(=O)c1ccc(CCl)o1. The number of carbonyl (C=O) groups excluding carboxylic acids is 1.